The first-order chi connectivity index (χ1) is 7.20. The van der Waals surface area contributed by atoms with Crippen LogP contribution < -0.4 is 10.5 Å². The van der Waals surface area contributed by atoms with Gasteiger partial charge in [-0.25, -0.2) is 0 Å². The first-order valence-corrected chi connectivity index (χ1v) is 5.56. The molecule has 0 saturated heterocycles. The molecule has 1 aromatic heterocycles. The topological polar surface area (TPSA) is 48.1 Å². The van der Waals surface area contributed by atoms with E-state index in [2.05, 4.69) is 18.8 Å². The zero-order valence-corrected chi connectivity index (χ0v) is 9.36. The molecule has 0 atom stereocenters. The van der Waals surface area contributed by atoms with Gasteiger partial charge < -0.3 is 10.5 Å². The lowest BCUT2D eigenvalue weighted by Crippen LogP contribution is -2.07. The van der Waals surface area contributed by atoms with Gasteiger partial charge in [0.2, 0.25) is 0 Å². The fraction of sp³-hybridized carbons (Fsp3) is 0.583. The van der Waals surface area contributed by atoms with Crippen molar-refractivity contribution in [1.29, 1.82) is 0 Å². The van der Waals surface area contributed by atoms with Gasteiger partial charge in [0.25, 0.3) is 0 Å². The largest absolute Gasteiger partial charge is 0.489 e. The molecule has 0 amide bonds. The molecule has 1 saturated carbocycles. The Morgan fingerprint density at radius 2 is 2.27 bits per heavy atom. The van der Waals surface area contributed by atoms with Crippen LogP contribution in [0.15, 0.2) is 12.3 Å². The summed E-state index contributed by atoms with van der Waals surface area (Å²) in [6.45, 7) is 4.79. The van der Waals surface area contributed by atoms with E-state index in [1.54, 1.807) is 0 Å². The fourth-order valence-corrected chi connectivity index (χ4v) is 1.63. The molecule has 0 spiro atoms. The number of aromatic nitrogens is 1. The van der Waals surface area contributed by atoms with Gasteiger partial charge in [-0.2, -0.15) is 0 Å². The van der Waals surface area contributed by atoms with Gasteiger partial charge in [-0.1, -0.05) is 13.8 Å². The lowest BCUT2D eigenvalue weighted by molar-refractivity contribution is 0.301. The molecule has 3 heteroatoms. The van der Waals surface area contributed by atoms with Crippen molar-refractivity contribution < 1.29 is 4.74 Å². The Kier molecular flexibility index (Phi) is 2.91. The number of hydrogen-bond donors (Lipinski definition) is 1. The maximum atomic E-state index is 5.71. The van der Waals surface area contributed by atoms with E-state index in [4.69, 9.17) is 10.5 Å². The van der Waals surface area contributed by atoms with Crippen LogP contribution in [0, 0.1) is 0 Å². The molecule has 1 aliphatic rings. The predicted molar refractivity (Wildman–Crippen MR) is 59.9 cm³/mol. The van der Waals surface area contributed by atoms with Crippen LogP contribution in [0.4, 0.5) is 0 Å². The second-order valence-corrected chi connectivity index (χ2v) is 4.39. The van der Waals surface area contributed by atoms with Crippen LogP contribution in [0.25, 0.3) is 0 Å². The zero-order chi connectivity index (χ0) is 10.8. The van der Waals surface area contributed by atoms with Crippen LogP contribution in [-0.2, 0) is 6.54 Å². The lowest BCUT2D eigenvalue weighted by atomic mass is 10.0. The highest BCUT2D eigenvalue weighted by Crippen LogP contribution is 2.28. The summed E-state index contributed by atoms with van der Waals surface area (Å²) in [6, 6.07) is 2.03. The van der Waals surface area contributed by atoms with Crippen molar-refractivity contribution in [3.05, 3.63) is 23.5 Å². The first kappa shape index (κ1) is 10.4. The molecule has 0 aliphatic heterocycles. The summed E-state index contributed by atoms with van der Waals surface area (Å²) in [4.78, 5) is 4.42. The van der Waals surface area contributed by atoms with E-state index < -0.39 is 0 Å². The first-order valence-electron chi connectivity index (χ1n) is 5.56. The molecule has 1 aliphatic carbocycles. The Balaban J connectivity index is 2.20. The molecule has 0 radical (unpaired) electrons. The molecular formula is C12H18N2O. The van der Waals surface area contributed by atoms with Gasteiger partial charge in [0.15, 0.2) is 0 Å². The average Bonchev–Trinajstić information content (AvgIpc) is 3.01. The molecule has 0 bridgehead atoms. The van der Waals surface area contributed by atoms with Crippen molar-refractivity contribution >= 4 is 0 Å². The summed E-state index contributed by atoms with van der Waals surface area (Å²) in [7, 11) is 0. The van der Waals surface area contributed by atoms with Crippen molar-refractivity contribution in [3.63, 3.8) is 0 Å². The molecule has 1 fully saturated rings. The molecule has 1 heterocycles. The Labute approximate surface area is 90.7 Å². The summed E-state index contributed by atoms with van der Waals surface area (Å²) < 4.78 is 5.68. The zero-order valence-electron chi connectivity index (χ0n) is 9.36. The van der Waals surface area contributed by atoms with E-state index in [9.17, 15) is 0 Å². The van der Waals surface area contributed by atoms with Crippen LogP contribution in [0.2, 0.25) is 0 Å². The maximum absolute atomic E-state index is 5.71. The number of ether oxygens (including phenoxy) is 1. The summed E-state index contributed by atoms with van der Waals surface area (Å²) in [6.07, 6.45) is 4.57. The van der Waals surface area contributed by atoms with Crippen LogP contribution in [-0.4, -0.2) is 11.1 Å². The van der Waals surface area contributed by atoms with Gasteiger partial charge in [0.05, 0.1) is 12.3 Å². The van der Waals surface area contributed by atoms with Gasteiger partial charge in [-0.3, -0.25) is 4.98 Å². The highest BCUT2D eigenvalue weighted by Gasteiger charge is 2.23. The van der Waals surface area contributed by atoms with Crippen molar-refractivity contribution in [3.8, 4) is 5.75 Å². The SMILES string of the molecule is CC(C)c1ncc(OC2CC2)cc1CN. The maximum Gasteiger partial charge on any atom is 0.138 e. The summed E-state index contributed by atoms with van der Waals surface area (Å²) in [5.41, 5.74) is 7.89. The van der Waals surface area contributed by atoms with E-state index in [0.717, 1.165) is 17.0 Å². The highest BCUT2D eigenvalue weighted by atomic mass is 16.5. The average molecular weight is 206 g/mol. The van der Waals surface area contributed by atoms with Gasteiger partial charge in [0.1, 0.15) is 5.75 Å². The standard InChI is InChI=1S/C12H18N2O/c1-8(2)12-9(6-13)5-11(7-14-12)15-10-3-4-10/h5,7-8,10H,3-4,6,13H2,1-2H3. The second kappa shape index (κ2) is 4.19. The molecule has 82 valence electrons. The van der Waals surface area contributed by atoms with Crippen LogP contribution in [0.5, 0.6) is 5.75 Å². The second-order valence-electron chi connectivity index (χ2n) is 4.39. The smallest absolute Gasteiger partial charge is 0.138 e. The molecule has 15 heavy (non-hydrogen) atoms. The molecule has 2 rings (SSSR count). The third kappa shape index (κ3) is 2.48. The monoisotopic (exact) mass is 206 g/mol. The minimum Gasteiger partial charge on any atom is -0.489 e. The Morgan fingerprint density at radius 1 is 1.53 bits per heavy atom. The number of hydrogen-bond acceptors (Lipinski definition) is 3. The minimum atomic E-state index is 0.415. The van der Waals surface area contributed by atoms with E-state index in [-0.39, 0.29) is 0 Å². The van der Waals surface area contributed by atoms with Crippen molar-refractivity contribution in [2.45, 2.75) is 45.3 Å². The van der Waals surface area contributed by atoms with Gasteiger partial charge >= 0.3 is 0 Å². The quantitative estimate of drug-likeness (QED) is 0.821. The molecule has 2 N–H and O–H groups in total. The number of rotatable bonds is 4. The molecular weight excluding hydrogens is 188 g/mol. The molecule has 0 unspecified atom stereocenters. The summed E-state index contributed by atoms with van der Waals surface area (Å²) in [5.74, 6) is 1.28. The Morgan fingerprint density at radius 3 is 2.80 bits per heavy atom. The Bertz CT molecular complexity index is 345. The van der Waals surface area contributed by atoms with E-state index in [1.165, 1.54) is 12.8 Å². The van der Waals surface area contributed by atoms with Crippen LogP contribution in [0.3, 0.4) is 0 Å². The number of nitrogens with two attached hydrogens (primary N) is 1. The molecule has 1 aromatic rings. The van der Waals surface area contributed by atoms with Crippen LogP contribution in [0.1, 0.15) is 43.9 Å². The number of pyridine rings is 1. The van der Waals surface area contributed by atoms with E-state index in [1.807, 2.05) is 12.3 Å². The van der Waals surface area contributed by atoms with E-state index in [0.29, 0.717) is 18.6 Å². The summed E-state index contributed by atoms with van der Waals surface area (Å²) >= 11 is 0. The van der Waals surface area contributed by atoms with Crippen molar-refractivity contribution in [1.82, 2.24) is 4.98 Å². The van der Waals surface area contributed by atoms with Crippen molar-refractivity contribution in [2.75, 3.05) is 0 Å². The van der Waals surface area contributed by atoms with Gasteiger partial charge in [0, 0.05) is 12.2 Å². The minimum absolute atomic E-state index is 0.415. The van der Waals surface area contributed by atoms with Crippen LogP contribution >= 0.6 is 0 Å². The van der Waals surface area contributed by atoms with E-state index >= 15 is 0 Å². The molecule has 3 nitrogen and oxygen atoms in total. The third-order valence-electron chi connectivity index (χ3n) is 2.57. The van der Waals surface area contributed by atoms with Crippen molar-refractivity contribution in [2.24, 2.45) is 5.73 Å². The Hall–Kier alpha value is -1.09. The summed E-state index contributed by atoms with van der Waals surface area (Å²) in [5, 5.41) is 0. The highest BCUT2D eigenvalue weighted by molar-refractivity contribution is 5.31. The normalized spacial score (nSPS) is 15.7. The lowest BCUT2D eigenvalue weighted by Gasteiger charge is -2.12. The van der Waals surface area contributed by atoms with Gasteiger partial charge in [-0.15, -0.1) is 0 Å². The fourth-order valence-electron chi connectivity index (χ4n) is 1.63. The van der Waals surface area contributed by atoms with Gasteiger partial charge in [-0.05, 0) is 30.4 Å². The molecule has 0 aromatic carbocycles. The third-order valence-corrected chi connectivity index (χ3v) is 2.57. The predicted octanol–water partition coefficient (Wildman–Crippen LogP) is 2.20. The number of nitrogens with zero attached hydrogens (tertiary/aromatic N) is 1.